The molecule has 0 unspecified atom stereocenters. The summed E-state index contributed by atoms with van der Waals surface area (Å²) in [4.78, 5) is 9.19. The minimum absolute atomic E-state index is 0.435. The number of benzene rings is 1. The normalized spacial score (nSPS) is 17.2. The van der Waals surface area contributed by atoms with Crippen LogP contribution in [0.1, 0.15) is 37.2 Å². The summed E-state index contributed by atoms with van der Waals surface area (Å²) in [5.74, 6) is 1.11. The lowest BCUT2D eigenvalue weighted by Crippen LogP contribution is -2.34. The lowest BCUT2D eigenvalue weighted by atomic mass is 9.98. The summed E-state index contributed by atoms with van der Waals surface area (Å²) in [5, 5.41) is 5.20. The summed E-state index contributed by atoms with van der Waals surface area (Å²) in [6.45, 7) is 1.98. The molecule has 2 heterocycles. The molecule has 5 nitrogen and oxygen atoms in total. The maximum atomic E-state index is 6.41. The van der Waals surface area contributed by atoms with Gasteiger partial charge in [-0.1, -0.05) is 36.2 Å². The van der Waals surface area contributed by atoms with Gasteiger partial charge in [-0.05, 0) is 31.9 Å². The van der Waals surface area contributed by atoms with Crippen LogP contribution in [-0.2, 0) is 5.54 Å². The average molecular weight is 294 g/mol. The second kappa shape index (κ2) is 4.88. The van der Waals surface area contributed by atoms with E-state index in [9.17, 15) is 0 Å². The minimum Gasteiger partial charge on any atom is -0.334 e. The van der Waals surface area contributed by atoms with Crippen molar-refractivity contribution in [3.05, 3.63) is 41.9 Å². The third kappa shape index (κ3) is 2.09. The van der Waals surface area contributed by atoms with Crippen molar-refractivity contribution in [1.82, 2.24) is 15.1 Å². The van der Waals surface area contributed by atoms with Crippen LogP contribution in [0.4, 0.5) is 0 Å². The second-order valence-electron chi connectivity index (χ2n) is 6.12. The van der Waals surface area contributed by atoms with Gasteiger partial charge in [-0.15, -0.1) is 0 Å². The summed E-state index contributed by atoms with van der Waals surface area (Å²) >= 11 is 0. The first-order valence-corrected chi connectivity index (χ1v) is 7.66. The largest absolute Gasteiger partial charge is 0.334 e. The van der Waals surface area contributed by atoms with Gasteiger partial charge in [-0.2, -0.15) is 4.98 Å². The van der Waals surface area contributed by atoms with E-state index in [1.807, 2.05) is 31.2 Å². The second-order valence-corrected chi connectivity index (χ2v) is 6.12. The van der Waals surface area contributed by atoms with Gasteiger partial charge < -0.3 is 10.3 Å². The van der Waals surface area contributed by atoms with E-state index in [0.29, 0.717) is 11.7 Å². The van der Waals surface area contributed by atoms with E-state index >= 15 is 0 Å². The number of aryl methyl sites for hydroxylation is 1. The van der Waals surface area contributed by atoms with E-state index in [2.05, 4.69) is 21.2 Å². The Hall–Kier alpha value is -2.27. The predicted octanol–water partition coefficient (Wildman–Crippen LogP) is 3.32. The van der Waals surface area contributed by atoms with Crippen LogP contribution >= 0.6 is 0 Å². The Morgan fingerprint density at radius 3 is 2.73 bits per heavy atom. The molecule has 0 amide bonds. The fourth-order valence-electron chi connectivity index (χ4n) is 3.18. The maximum absolute atomic E-state index is 6.41. The van der Waals surface area contributed by atoms with Crippen molar-refractivity contribution in [2.24, 2.45) is 5.73 Å². The van der Waals surface area contributed by atoms with E-state index in [4.69, 9.17) is 10.3 Å². The van der Waals surface area contributed by atoms with Crippen molar-refractivity contribution in [3.8, 4) is 11.5 Å². The van der Waals surface area contributed by atoms with Crippen molar-refractivity contribution in [2.45, 2.75) is 38.1 Å². The Kier molecular flexibility index (Phi) is 2.97. The van der Waals surface area contributed by atoms with Gasteiger partial charge in [-0.3, -0.25) is 4.98 Å². The molecule has 2 N–H and O–H groups in total. The lowest BCUT2D eigenvalue weighted by molar-refractivity contribution is 0.373. The molecule has 2 aromatic heterocycles. The zero-order valence-corrected chi connectivity index (χ0v) is 12.5. The predicted molar refractivity (Wildman–Crippen MR) is 84.1 cm³/mol. The molecule has 112 valence electrons. The van der Waals surface area contributed by atoms with Gasteiger partial charge >= 0.3 is 0 Å². The van der Waals surface area contributed by atoms with E-state index in [1.54, 1.807) is 0 Å². The molecule has 22 heavy (non-hydrogen) atoms. The number of para-hydroxylation sites is 1. The number of fused-ring (bicyclic) bond motifs is 1. The molecule has 1 aliphatic rings. The highest BCUT2D eigenvalue weighted by molar-refractivity contribution is 5.91. The fraction of sp³-hybridized carbons (Fsp3) is 0.353. The fourth-order valence-corrected chi connectivity index (χ4v) is 3.18. The minimum atomic E-state index is -0.435. The number of aromatic nitrogens is 3. The smallest absolute Gasteiger partial charge is 0.260 e. The zero-order chi connectivity index (χ0) is 15.2. The number of nitrogens with two attached hydrogens (primary N) is 1. The molecule has 1 aromatic carbocycles. The summed E-state index contributed by atoms with van der Waals surface area (Å²) in [6.07, 6.45) is 4.07. The Bertz CT molecular complexity index is 834. The van der Waals surface area contributed by atoms with Crippen molar-refractivity contribution in [2.75, 3.05) is 0 Å². The first kappa shape index (κ1) is 13.4. The summed E-state index contributed by atoms with van der Waals surface area (Å²) in [6, 6.07) is 10.0. The van der Waals surface area contributed by atoms with Crippen LogP contribution in [0.3, 0.4) is 0 Å². The van der Waals surface area contributed by atoms with Crippen LogP contribution in [0.5, 0.6) is 0 Å². The molecule has 1 fully saturated rings. The summed E-state index contributed by atoms with van der Waals surface area (Å²) < 4.78 is 5.50. The van der Waals surface area contributed by atoms with E-state index in [1.165, 1.54) is 0 Å². The van der Waals surface area contributed by atoms with Crippen molar-refractivity contribution in [1.29, 1.82) is 0 Å². The SMILES string of the molecule is Cc1ccc2cccc(-c3nc(C4(N)CCCC4)no3)c2n1. The molecule has 0 saturated heterocycles. The van der Waals surface area contributed by atoms with Crippen molar-refractivity contribution in [3.63, 3.8) is 0 Å². The van der Waals surface area contributed by atoms with Crippen LogP contribution in [-0.4, -0.2) is 15.1 Å². The number of rotatable bonds is 2. The summed E-state index contributed by atoms with van der Waals surface area (Å²) in [7, 11) is 0. The van der Waals surface area contributed by atoms with Gasteiger partial charge in [0.2, 0.25) is 0 Å². The highest BCUT2D eigenvalue weighted by Gasteiger charge is 2.36. The molecule has 0 bridgehead atoms. The first-order chi connectivity index (χ1) is 10.7. The van der Waals surface area contributed by atoms with Crippen molar-refractivity contribution < 1.29 is 4.52 Å². The van der Waals surface area contributed by atoms with Crippen LogP contribution < -0.4 is 5.73 Å². The molecular weight excluding hydrogens is 276 g/mol. The molecule has 3 aromatic rings. The highest BCUT2D eigenvalue weighted by Crippen LogP contribution is 2.36. The third-order valence-electron chi connectivity index (χ3n) is 4.46. The molecule has 0 aliphatic heterocycles. The van der Waals surface area contributed by atoms with Gasteiger partial charge in [0.25, 0.3) is 5.89 Å². The van der Waals surface area contributed by atoms with Crippen molar-refractivity contribution >= 4 is 10.9 Å². The summed E-state index contributed by atoms with van der Waals surface area (Å²) in [5.41, 5.74) is 8.68. The van der Waals surface area contributed by atoms with Crippen LogP contribution in [0, 0.1) is 6.92 Å². The molecule has 5 heteroatoms. The zero-order valence-electron chi connectivity index (χ0n) is 12.5. The molecule has 0 radical (unpaired) electrons. The van der Waals surface area contributed by atoms with E-state index in [-0.39, 0.29) is 0 Å². The van der Waals surface area contributed by atoms with E-state index < -0.39 is 5.54 Å². The highest BCUT2D eigenvalue weighted by atomic mass is 16.5. The number of nitrogens with zero attached hydrogens (tertiary/aromatic N) is 3. The lowest BCUT2D eigenvalue weighted by Gasteiger charge is -2.17. The standard InChI is InChI=1S/C17H18N4O/c1-11-7-8-12-5-4-6-13(14(12)19-11)15-20-16(21-22-15)17(18)9-2-3-10-17/h4-8H,2-3,9-10,18H2,1H3. The number of hydrogen-bond acceptors (Lipinski definition) is 5. The Labute approximate surface area is 128 Å². The van der Waals surface area contributed by atoms with E-state index in [0.717, 1.165) is 47.8 Å². The number of pyridine rings is 1. The van der Waals surface area contributed by atoms with Gasteiger partial charge in [0.15, 0.2) is 5.82 Å². The molecule has 1 aliphatic carbocycles. The molecule has 4 rings (SSSR count). The Morgan fingerprint density at radius 2 is 1.91 bits per heavy atom. The molecule has 1 saturated carbocycles. The van der Waals surface area contributed by atoms with Gasteiger partial charge in [0.1, 0.15) is 0 Å². The Morgan fingerprint density at radius 1 is 1.09 bits per heavy atom. The van der Waals surface area contributed by atoms with Crippen LogP contribution in [0.2, 0.25) is 0 Å². The van der Waals surface area contributed by atoms with Crippen LogP contribution in [0.15, 0.2) is 34.9 Å². The monoisotopic (exact) mass is 294 g/mol. The van der Waals surface area contributed by atoms with Gasteiger partial charge in [0.05, 0.1) is 16.6 Å². The molecule has 0 spiro atoms. The molecular formula is C17H18N4O. The number of hydrogen-bond donors (Lipinski definition) is 1. The third-order valence-corrected chi connectivity index (χ3v) is 4.46. The van der Waals surface area contributed by atoms with Gasteiger partial charge in [0, 0.05) is 11.1 Å². The molecule has 0 atom stereocenters. The quantitative estimate of drug-likeness (QED) is 0.784. The average Bonchev–Trinajstić information content (AvgIpc) is 3.16. The Balaban J connectivity index is 1.83. The van der Waals surface area contributed by atoms with Gasteiger partial charge in [-0.25, -0.2) is 0 Å². The van der Waals surface area contributed by atoms with Crippen LogP contribution in [0.25, 0.3) is 22.4 Å². The first-order valence-electron chi connectivity index (χ1n) is 7.66. The topological polar surface area (TPSA) is 77.8 Å². The maximum Gasteiger partial charge on any atom is 0.260 e.